The van der Waals surface area contributed by atoms with Gasteiger partial charge < -0.3 is 9.40 Å². The minimum absolute atomic E-state index is 0.495. The molecule has 0 aliphatic heterocycles. The Balaban J connectivity index is 1.79. The maximum atomic E-state index is 6.12. The number of aromatic nitrogens is 2. The zero-order chi connectivity index (χ0) is 18.2. The summed E-state index contributed by atoms with van der Waals surface area (Å²) >= 11 is 5.98. The molecule has 2 heterocycles. The number of H-pyrrole nitrogens is 1. The van der Waals surface area contributed by atoms with Gasteiger partial charge in [-0.15, -0.1) is 0 Å². The van der Waals surface area contributed by atoms with Gasteiger partial charge in [0.05, 0.1) is 22.3 Å². The van der Waals surface area contributed by atoms with Crippen LogP contribution in [0, 0.1) is 0 Å². The average molecular weight is 372 g/mol. The van der Waals surface area contributed by atoms with Crippen LogP contribution in [0.3, 0.4) is 0 Å². The largest absolute Gasteiger partial charge is 0.438 e. The second-order valence-electron chi connectivity index (χ2n) is 6.19. The molecule has 27 heavy (non-hydrogen) atoms. The Morgan fingerprint density at radius 2 is 1.67 bits per heavy atom. The van der Waals surface area contributed by atoms with Crippen molar-refractivity contribution >= 4 is 39.3 Å². The molecule has 0 aliphatic rings. The van der Waals surface area contributed by atoms with E-state index in [1.165, 1.54) is 0 Å². The summed E-state index contributed by atoms with van der Waals surface area (Å²) in [5.41, 5.74) is 4.70. The fourth-order valence-corrected chi connectivity index (χ4v) is 3.16. The normalized spacial score (nSPS) is 12.1. The van der Waals surface area contributed by atoms with Crippen LogP contribution < -0.4 is 5.55 Å². The van der Waals surface area contributed by atoms with Gasteiger partial charge in [0.1, 0.15) is 11.4 Å². The summed E-state index contributed by atoms with van der Waals surface area (Å²) in [7, 11) is 0. The van der Waals surface area contributed by atoms with E-state index in [0.29, 0.717) is 10.6 Å². The number of aromatic amines is 1. The molecule has 5 aromatic rings. The van der Waals surface area contributed by atoms with Crippen LogP contribution in [-0.2, 0) is 0 Å². The number of imidazole rings is 1. The smallest absolute Gasteiger partial charge is 0.230 e. The molecule has 0 saturated carbocycles. The second-order valence-corrected chi connectivity index (χ2v) is 6.63. The van der Waals surface area contributed by atoms with Crippen molar-refractivity contribution in [3.63, 3.8) is 0 Å². The molecule has 0 spiro atoms. The number of halogens is 1. The number of hydrogen-bond acceptors (Lipinski definition) is 3. The van der Waals surface area contributed by atoms with Crippen molar-refractivity contribution in [2.75, 3.05) is 0 Å². The van der Waals surface area contributed by atoms with Gasteiger partial charge in [-0.3, -0.25) is 0 Å². The van der Waals surface area contributed by atoms with Gasteiger partial charge in [0.15, 0.2) is 0 Å². The van der Waals surface area contributed by atoms with Gasteiger partial charge in [0.2, 0.25) is 5.55 Å². The van der Waals surface area contributed by atoms with Crippen LogP contribution in [0.25, 0.3) is 33.4 Å². The van der Waals surface area contributed by atoms with Gasteiger partial charge in [-0.1, -0.05) is 41.9 Å². The lowest BCUT2D eigenvalue weighted by Crippen LogP contribution is -2.06. The number of nitrogens with one attached hydrogen (secondary N) is 1. The van der Waals surface area contributed by atoms with Crippen molar-refractivity contribution in [2.45, 2.75) is 0 Å². The van der Waals surface area contributed by atoms with Crippen molar-refractivity contribution in [3.8, 4) is 11.4 Å². The molecule has 0 atom stereocenters. The molecular weight excluding hydrogens is 358 g/mol. The summed E-state index contributed by atoms with van der Waals surface area (Å²) in [4.78, 5) is 12.8. The quantitative estimate of drug-likeness (QED) is 0.422. The third-order valence-electron chi connectivity index (χ3n) is 4.36. The molecule has 0 radical (unpaired) electrons. The first-order valence-corrected chi connectivity index (χ1v) is 8.92. The Morgan fingerprint density at radius 3 is 2.52 bits per heavy atom. The number of rotatable bonds is 2. The number of benzene rings is 3. The molecule has 130 valence electrons. The number of hydrogen-bond donors (Lipinski definition) is 1. The van der Waals surface area contributed by atoms with Crippen molar-refractivity contribution in [1.29, 1.82) is 0 Å². The molecule has 0 amide bonds. The molecule has 0 saturated heterocycles. The minimum Gasteiger partial charge on any atom is -0.438 e. The van der Waals surface area contributed by atoms with Gasteiger partial charge in [-0.2, -0.15) is 0 Å². The van der Waals surface area contributed by atoms with Gasteiger partial charge in [-0.25, -0.2) is 9.98 Å². The SMILES string of the molecule is Clc1ccc(N=c2oc3ccccc3cc2-c2nc3ccccc3[nH]2)cc1. The Hall–Kier alpha value is -3.37. The lowest BCUT2D eigenvalue weighted by atomic mass is 10.2. The van der Waals surface area contributed by atoms with E-state index in [0.717, 1.165) is 39.1 Å². The zero-order valence-corrected chi connectivity index (χ0v) is 14.9. The van der Waals surface area contributed by atoms with E-state index < -0.39 is 0 Å². The highest BCUT2D eigenvalue weighted by Crippen LogP contribution is 2.23. The molecule has 4 nitrogen and oxygen atoms in total. The van der Waals surface area contributed by atoms with Crippen LogP contribution in [0.1, 0.15) is 0 Å². The highest BCUT2D eigenvalue weighted by Gasteiger charge is 2.11. The first kappa shape index (κ1) is 15.9. The summed E-state index contributed by atoms with van der Waals surface area (Å²) in [6.45, 7) is 0. The summed E-state index contributed by atoms with van der Waals surface area (Å²) in [6.07, 6.45) is 0. The van der Waals surface area contributed by atoms with Crippen molar-refractivity contribution < 1.29 is 4.42 Å². The maximum absolute atomic E-state index is 6.12. The molecule has 3 aromatic carbocycles. The van der Waals surface area contributed by atoms with Crippen LogP contribution in [0.5, 0.6) is 0 Å². The van der Waals surface area contributed by atoms with Crippen LogP contribution in [0.15, 0.2) is 88.3 Å². The monoisotopic (exact) mass is 371 g/mol. The summed E-state index contributed by atoms with van der Waals surface area (Å²) in [5, 5.41) is 1.66. The second kappa shape index (κ2) is 6.41. The van der Waals surface area contributed by atoms with E-state index in [-0.39, 0.29) is 0 Å². The van der Waals surface area contributed by atoms with Crippen LogP contribution in [-0.4, -0.2) is 9.97 Å². The van der Waals surface area contributed by atoms with E-state index in [1.54, 1.807) is 0 Å². The fourth-order valence-electron chi connectivity index (χ4n) is 3.04. The minimum atomic E-state index is 0.495. The Kier molecular flexibility index (Phi) is 3.77. The summed E-state index contributed by atoms with van der Waals surface area (Å²) in [5.74, 6) is 0.721. The van der Waals surface area contributed by atoms with Crippen molar-refractivity contribution in [2.24, 2.45) is 4.99 Å². The van der Waals surface area contributed by atoms with E-state index >= 15 is 0 Å². The Labute approximate surface area is 159 Å². The number of nitrogens with zero attached hydrogens (tertiary/aromatic N) is 2. The molecule has 0 bridgehead atoms. The first-order valence-electron chi connectivity index (χ1n) is 8.55. The topological polar surface area (TPSA) is 54.2 Å². The van der Waals surface area contributed by atoms with Crippen LogP contribution in [0.4, 0.5) is 5.69 Å². The molecular formula is C22H14ClN3O. The molecule has 1 N–H and O–H groups in total. The highest BCUT2D eigenvalue weighted by atomic mass is 35.5. The average Bonchev–Trinajstić information content (AvgIpc) is 3.13. The lowest BCUT2D eigenvalue weighted by molar-refractivity contribution is 0.547. The predicted octanol–water partition coefficient (Wildman–Crippen LogP) is 5.86. The van der Waals surface area contributed by atoms with Gasteiger partial charge in [-0.05, 0) is 48.5 Å². The van der Waals surface area contributed by atoms with E-state index in [9.17, 15) is 0 Å². The van der Waals surface area contributed by atoms with Crippen molar-refractivity contribution in [1.82, 2.24) is 9.97 Å². The lowest BCUT2D eigenvalue weighted by Gasteiger charge is -2.03. The standard InChI is InChI=1S/C22H14ClN3O/c23-15-9-11-16(12-10-15)24-22-17(13-14-5-1-4-8-20(14)27-22)21-25-18-6-2-3-7-19(18)26-21/h1-13H,(H,25,26). The van der Waals surface area contributed by atoms with E-state index in [1.807, 2.05) is 78.9 Å². The summed E-state index contributed by atoms with van der Waals surface area (Å²) < 4.78 is 6.12. The summed E-state index contributed by atoms with van der Waals surface area (Å²) in [6, 6.07) is 25.2. The maximum Gasteiger partial charge on any atom is 0.230 e. The molecule has 2 aromatic heterocycles. The molecule has 0 aliphatic carbocycles. The zero-order valence-electron chi connectivity index (χ0n) is 14.2. The predicted molar refractivity (Wildman–Crippen MR) is 108 cm³/mol. The molecule has 0 unspecified atom stereocenters. The first-order chi connectivity index (χ1) is 13.3. The van der Waals surface area contributed by atoms with Crippen LogP contribution in [0.2, 0.25) is 5.02 Å². The van der Waals surface area contributed by atoms with Crippen LogP contribution >= 0.6 is 11.6 Å². The van der Waals surface area contributed by atoms with E-state index in [4.69, 9.17) is 26.0 Å². The fraction of sp³-hybridized carbons (Fsp3) is 0. The van der Waals surface area contributed by atoms with Gasteiger partial charge >= 0.3 is 0 Å². The third-order valence-corrected chi connectivity index (χ3v) is 4.61. The Morgan fingerprint density at radius 1 is 0.889 bits per heavy atom. The van der Waals surface area contributed by atoms with Crippen molar-refractivity contribution in [3.05, 3.63) is 89.4 Å². The van der Waals surface area contributed by atoms with Gasteiger partial charge in [0.25, 0.3) is 0 Å². The van der Waals surface area contributed by atoms with Gasteiger partial charge in [0, 0.05) is 10.4 Å². The molecule has 0 fully saturated rings. The number of para-hydroxylation sites is 3. The molecule has 5 rings (SSSR count). The number of fused-ring (bicyclic) bond motifs is 2. The Bertz CT molecular complexity index is 1300. The highest BCUT2D eigenvalue weighted by molar-refractivity contribution is 6.30. The van der Waals surface area contributed by atoms with E-state index in [2.05, 4.69) is 4.98 Å². The molecule has 5 heteroatoms. The third kappa shape index (κ3) is 3.00.